The summed E-state index contributed by atoms with van der Waals surface area (Å²) in [7, 11) is 0. The van der Waals surface area contributed by atoms with E-state index in [1.54, 1.807) is 0 Å². The lowest BCUT2D eigenvalue weighted by Gasteiger charge is -2.19. The van der Waals surface area contributed by atoms with Crippen LogP contribution in [0.2, 0.25) is 0 Å². The summed E-state index contributed by atoms with van der Waals surface area (Å²) in [6.07, 6.45) is 0. The monoisotopic (exact) mass is 699 g/mol. The van der Waals surface area contributed by atoms with Crippen LogP contribution in [0.4, 0.5) is 0 Å². The first-order valence-electron chi connectivity index (χ1n) is 18.3. The molecule has 3 aromatic heterocycles. The Kier molecular flexibility index (Phi) is 6.61. The van der Waals surface area contributed by atoms with Crippen molar-refractivity contribution in [3.05, 3.63) is 187 Å². The zero-order valence-corrected chi connectivity index (χ0v) is 29.5. The van der Waals surface area contributed by atoms with E-state index < -0.39 is 0 Å². The fourth-order valence-corrected chi connectivity index (χ4v) is 8.83. The number of rotatable bonds is 4. The fourth-order valence-electron chi connectivity index (χ4n) is 8.83. The zero-order valence-electron chi connectivity index (χ0n) is 29.5. The maximum Gasteiger partial charge on any atom is 0.101 e. The molecular weight excluding hydrogens is 671 g/mol. The number of nitrogens with zero attached hydrogens (tertiary/aromatic N) is 5. The fraction of sp³-hybridized carbons (Fsp3) is 0. The van der Waals surface area contributed by atoms with Crippen LogP contribution in [0.25, 0.3) is 93.6 Å². The number of fused-ring (bicyclic) bond motifs is 9. The number of nitriles is 2. The highest BCUT2D eigenvalue weighted by atomic mass is 15.0. The molecule has 0 atom stereocenters. The summed E-state index contributed by atoms with van der Waals surface area (Å²) in [5.41, 5.74) is 12.4. The summed E-state index contributed by atoms with van der Waals surface area (Å²) in [5, 5.41) is 27.4. The largest absolute Gasteiger partial charge is 0.309 e. The van der Waals surface area contributed by atoms with E-state index >= 15 is 0 Å². The Morgan fingerprint density at radius 2 is 0.873 bits per heavy atom. The second-order valence-electron chi connectivity index (χ2n) is 14.0. The van der Waals surface area contributed by atoms with Crippen molar-refractivity contribution in [1.82, 2.24) is 13.7 Å². The van der Waals surface area contributed by atoms with Crippen molar-refractivity contribution in [3.63, 3.8) is 0 Å². The molecule has 0 aliphatic heterocycles. The molecule has 55 heavy (non-hydrogen) atoms. The van der Waals surface area contributed by atoms with Gasteiger partial charge in [-0.05, 0) is 66.7 Å². The van der Waals surface area contributed by atoms with Gasteiger partial charge in [-0.15, -0.1) is 0 Å². The molecule has 0 fully saturated rings. The first-order valence-corrected chi connectivity index (χ1v) is 18.3. The molecule has 8 aromatic carbocycles. The predicted molar refractivity (Wildman–Crippen MR) is 224 cm³/mol. The topological polar surface area (TPSA) is 62.4 Å². The van der Waals surface area contributed by atoms with E-state index in [-0.39, 0.29) is 0 Å². The zero-order chi connectivity index (χ0) is 36.6. The lowest BCUT2D eigenvalue weighted by Crippen LogP contribution is -2.03. The quantitative estimate of drug-likeness (QED) is 0.184. The molecule has 0 unspecified atom stereocenters. The van der Waals surface area contributed by atoms with Gasteiger partial charge in [0.05, 0.1) is 61.7 Å². The minimum Gasteiger partial charge on any atom is -0.309 e. The summed E-state index contributed by atoms with van der Waals surface area (Å²) in [5.74, 6) is 0. The number of para-hydroxylation sites is 6. The lowest BCUT2D eigenvalue weighted by atomic mass is 9.98. The highest BCUT2D eigenvalue weighted by Gasteiger charge is 2.23. The maximum atomic E-state index is 10.7. The van der Waals surface area contributed by atoms with Crippen LogP contribution in [-0.4, -0.2) is 13.7 Å². The van der Waals surface area contributed by atoms with E-state index in [1.165, 1.54) is 10.8 Å². The molecular formula is C50H29N5. The number of aromatic nitrogens is 3. The molecule has 5 nitrogen and oxygen atoms in total. The molecule has 0 N–H and O–H groups in total. The number of hydrogen-bond acceptors (Lipinski definition) is 2. The molecule has 254 valence electrons. The summed E-state index contributed by atoms with van der Waals surface area (Å²) < 4.78 is 6.92. The standard InChI is InChI=1S/C50H29N5/c51-30-32-24-27-48-42(28-32)40-26-25-34(53-43-19-6-1-13-35(43)36-14-2-7-20-44(36)53)29-49(40)54(48)45-21-8-5-17-39(45)41-18-11-12-33(31-52)50(41)55-46-22-9-3-15-37(46)38-16-4-10-23-47(38)55/h1-29H. The minimum atomic E-state index is 0.591. The average Bonchev–Trinajstić information content (AvgIpc) is 3.88. The van der Waals surface area contributed by atoms with Crippen LogP contribution in [0.15, 0.2) is 176 Å². The van der Waals surface area contributed by atoms with Gasteiger partial charge in [-0.1, -0.05) is 109 Å². The number of hydrogen-bond donors (Lipinski definition) is 0. The molecule has 3 heterocycles. The van der Waals surface area contributed by atoms with E-state index in [2.05, 4.69) is 177 Å². The molecule has 0 amide bonds. The highest BCUT2D eigenvalue weighted by molar-refractivity contribution is 6.13. The van der Waals surface area contributed by atoms with Gasteiger partial charge in [-0.2, -0.15) is 10.5 Å². The van der Waals surface area contributed by atoms with Crippen LogP contribution in [0, 0.1) is 22.7 Å². The van der Waals surface area contributed by atoms with Crippen molar-refractivity contribution < 1.29 is 0 Å². The molecule has 11 aromatic rings. The molecule has 0 spiro atoms. The van der Waals surface area contributed by atoms with Gasteiger partial charge in [0.1, 0.15) is 6.07 Å². The van der Waals surface area contributed by atoms with Gasteiger partial charge in [0.2, 0.25) is 0 Å². The molecule has 0 bridgehead atoms. The Morgan fingerprint density at radius 1 is 0.345 bits per heavy atom. The minimum absolute atomic E-state index is 0.591. The third-order valence-corrected chi connectivity index (χ3v) is 11.1. The van der Waals surface area contributed by atoms with Crippen LogP contribution < -0.4 is 0 Å². The SMILES string of the molecule is N#Cc1ccc2c(c1)c1ccc(-n3c4ccccc4c4ccccc43)cc1n2-c1ccccc1-c1cccc(C#N)c1-n1c2ccccc2c2ccccc21. The van der Waals surface area contributed by atoms with Gasteiger partial charge in [-0.3, -0.25) is 0 Å². The first kappa shape index (κ1) is 30.7. The molecule has 11 rings (SSSR count). The van der Waals surface area contributed by atoms with E-state index in [0.29, 0.717) is 11.1 Å². The Hall–Kier alpha value is -7.86. The molecule has 0 aliphatic rings. The van der Waals surface area contributed by atoms with Crippen molar-refractivity contribution >= 4 is 65.4 Å². The van der Waals surface area contributed by atoms with Gasteiger partial charge >= 0.3 is 0 Å². The molecule has 0 radical (unpaired) electrons. The first-order chi connectivity index (χ1) is 27.2. The van der Waals surface area contributed by atoms with E-state index in [9.17, 15) is 10.5 Å². The van der Waals surface area contributed by atoms with Crippen LogP contribution in [0.1, 0.15) is 11.1 Å². The van der Waals surface area contributed by atoms with E-state index in [0.717, 1.165) is 82.8 Å². The van der Waals surface area contributed by atoms with Crippen LogP contribution in [0.3, 0.4) is 0 Å². The van der Waals surface area contributed by atoms with Crippen molar-refractivity contribution in [2.24, 2.45) is 0 Å². The second kappa shape index (κ2) is 11.8. The summed E-state index contributed by atoms with van der Waals surface area (Å²) >= 11 is 0. The summed E-state index contributed by atoms with van der Waals surface area (Å²) in [4.78, 5) is 0. The summed E-state index contributed by atoms with van der Waals surface area (Å²) in [6, 6.07) is 65.9. The van der Waals surface area contributed by atoms with Gasteiger partial charge < -0.3 is 13.7 Å². The smallest absolute Gasteiger partial charge is 0.101 e. The Morgan fingerprint density at radius 3 is 1.49 bits per heavy atom. The van der Waals surface area contributed by atoms with Crippen molar-refractivity contribution in [2.45, 2.75) is 0 Å². The van der Waals surface area contributed by atoms with Gasteiger partial charge in [0.25, 0.3) is 0 Å². The van der Waals surface area contributed by atoms with Gasteiger partial charge in [-0.25, -0.2) is 0 Å². The van der Waals surface area contributed by atoms with Crippen LogP contribution in [0.5, 0.6) is 0 Å². The third-order valence-electron chi connectivity index (χ3n) is 11.1. The van der Waals surface area contributed by atoms with Gasteiger partial charge in [0.15, 0.2) is 0 Å². The lowest BCUT2D eigenvalue weighted by molar-refractivity contribution is 1.14. The number of benzene rings is 8. The molecule has 0 saturated carbocycles. The Labute approximate surface area is 316 Å². The maximum absolute atomic E-state index is 10.7. The molecule has 0 aliphatic carbocycles. The second-order valence-corrected chi connectivity index (χ2v) is 14.0. The molecule has 0 saturated heterocycles. The van der Waals surface area contributed by atoms with Gasteiger partial charge in [0, 0.05) is 49.1 Å². The highest BCUT2D eigenvalue weighted by Crippen LogP contribution is 2.43. The summed E-state index contributed by atoms with van der Waals surface area (Å²) in [6.45, 7) is 0. The third kappa shape index (κ3) is 4.39. The van der Waals surface area contributed by atoms with Crippen LogP contribution in [-0.2, 0) is 0 Å². The van der Waals surface area contributed by atoms with Crippen molar-refractivity contribution in [2.75, 3.05) is 0 Å². The van der Waals surface area contributed by atoms with Crippen LogP contribution >= 0.6 is 0 Å². The van der Waals surface area contributed by atoms with E-state index in [4.69, 9.17) is 0 Å². The Balaban J connectivity index is 1.24. The van der Waals surface area contributed by atoms with Crippen molar-refractivity contribution in [1.29, 1.82) is 10.5 Å². The average molecular weight is 700 g/mol. The van der Waals surface area contributed by atoms with Crippen molar-refractivity contribution in [3.8, 4) is 40.3 Å². The van der Waals surface area contributed by atoms with E-state index in [1.807, 2.05) is 24.3 Å². The normalized spacial score (nSPS) is 11.6. The molecule has 5 heteroatoms. The Bertz CT molecular complexity index is 3360. The predicted octanol–water partition coefficient (Wildman–Crippen LogP) is 12.4.